The highest BCUT2D eigenvalue weighted by molar-refractivity contribution is 7.12. The lowest BCUT2D eigenvalue weighted by Gasteiger charge is -2.32. The highest BCUT2D eigenvalue weighted by Gasteiger charge is 2.24. The third kappa shape index (κ3) is 3.55. The van der Waals surface area contributed by atoms with E-state index in [-0.39, 0.29) is 24.3 Å². The Bertz CT molecular complexity index is 484. The first-order chi connectivity index (χ1) is 9.20. The Morgan fingerprint density at radius 3 is 2.79 bits per heavy atom. The second-order valence-corrected chi connectivity index (χ2v) is 5.39. The zero-order valence-electron chi connectivity index (χ0n) is 10.5. The Kier molecular flexibility index (Phi) is 4.53. The quantitative estimate of drug-likeness (QED) is 0.907. The average molecular weight is 277 g/mol. The molecule has 19 heavy (non-hydrogen) atoms. The van der Waals surface area contributed by atoms with Crippen molar-refractivity contribution >= 4 is 23.2 Å². The van der Waals surface area contributed by atoms with Crippen molar-refractivity contribution in [3.8, 4) is 6.07 Å². The zero-order valence-corrected chi connectivity index (χ0v) is 11.3. The van der Waals surface area contributed by atoms with Gasteiger partial charge in [-0.1, -0.05) is 6.07 Å². The van der Waals surface area contributed by atoms with Gasteiger partial charge >= 0.3 is 0 Å². The van der Waals surface area contributed by atoms with E-state index < -0.39 is 0 Å². The lowest BCUT2D eigenvalue weighted by atomic mass is 10.0. The normalized spacial score (nSPS) is 15.8. The van der Waals surface area contributed by atoms with Crippen molar-refractivity contribution < 1.29 is 9.59 Å². The number of hydrogen-bond acceptors (Lipinski definition) is 4. The lowest BCUT2D eigenvalue weighted by molar-refractivity contribution is -0.121. The summed E-state index contributed by atoms with van der Waals surface area (Å²) < 4.78 is 0. The molecule has 5 nitrogen and oxygen atoms in total. The minimum absolute atomic E-state index is 0.0665. The molecular weight excluding hydrogens is 262 g/mol. The summed E-state index contributed by atoms with van der Waals surface area (Å²) in [5.41, 5.74) is 0. The molecular formula is C13H15N3O2S. The van der Waals surface area contributed by atoms with Gasteiger partial charge in [0.05, 0.1) is 10.9 Å². The molecule has 100 valence electrons. The lowest BCUT2D eigenvalue weighted by Crippen LogP contribution is -2.46. The molecule has 0 aliphatic carbocycles. The van der Waals surface area contributed by atoms with Gasteiger partial charge in [0.1, 0.15) is 6.42 Å². The van der Waals surface area contributed by atoms with Gasteiger partial charge in [-0.05, 0) is 24.3 Å². The number of hydrogen-bond donors (Lipinski definition) is 1. The third-order valence-corrected chi connectivity index (χ3v) is 3.98. The van der Waals surface area contributed by atoms with Crippen LogP contribution in [0.4, 0.5) is 0 Å². The maximum atomic E-state index is 12.1. The summed E-state index contributed by atoms with van der Waals surface area (Å²) in [6.45, 7) is 1.29. The topological polar surface area (TPSA) is 73.2 Å². The van der Waals surface area contributed by atoms with E-state index in [4.69, 9.17) is 5.26 Å². The monoisotopic (exact) mass is 277 g/mol. The van der Waals surface area contributed by atoms with Crippen molar-refractivity contribution in [2.24, 2.45) is 0 Å². The molecule has 0 bridgehead atoms. The van der Waals surface area contributed by atoms with Gasteiger partial charge in [-0.15, -0.1) is 11.3 Å². The van der Waals surface area contributed by atoms with Crippen molar-refractivity contribution in [2.75, 3.05) is 13.1 Å². The number of nitrogens with zero attached hydrogens (tertiary/aromatic N) is 2. The summed E-state index contributed by atoms with van der Waals surface area (Å²) in [5, 5.41) is 13.1. The van der Waals surface area contributed by atoms with Crippen LogP contribution >= 0.6 is 11.3 Å². The predicted molar refractivity (Wildman–Crippen MR) is 71.6 cm³/mol. The van der Waals surface area contributed by atoms with Gasteiger partial charge in [-0.25, -0.2) is 0 Å². The molecule has 1 aliphatic rings. The molecule has 2 rings (SSSR count). The Labute approximate surface area is 115 Å². The second-order valence-electron chi connectivity index (χ2n) is 4.45. The SMILES string of the molecule is N#CCC(=O)NC1CCN(C(=O)c2cccs2)CC1. The number of carbonyl (C=O) groups excluding carboxylic acids is 2. The van der Waals surface area contributed by atoms with Gasteiger partial charge < -0.3 is 10.2 Å². The molecule has 1 saturated heterocycles. The van der Waals surface area contributed by atoms with Crippen LogP contribution in [-0.2, 0) is 4.79 Å². The Morgan fingerprint density at radius 2 is 2.21 bits per heavy atom. The van der Waals surface area contributed by atoms with Crippen LogP contribution in [0.3, 0.4) is 0 Å². The summed E-state index contributed by atoms with van der Waals surface area (Å²) in [4.78, 5) is 26.0. The van der Waals surface area contributed by atoms with Crippen molar-refractivity contribution in [3.63, 3.8) is 0 Å². The number of amides is 2. The fourth-order valence-corrected chi connectivity index (χ4v) is 2.82. The second kappa shape index (κ2) is 6.34. The average Bonchev–Trinajstić information content (AvgIpc) is 2.93. The molecule has 0 spiro atoms. The van der Waals surface area contributed by atoms with Crippen molar-refractivity contribution in [2.45, 2.75) is 25.3 Å². The summed E-state index contributed by atoms with van der Waals surface area (Å²) in [5.74, 6) is -0.165. The van der Waals surface area contributed by atoms with Gasteiger partial charge in [0.15, 0.2) is 0 Å². The first kappa shape index (κ1) is 13.6. The maximum absolute atomic E-state index is 12.1. The fraction of sp³-hybridized carbons (Fsp3) is 0.462. The molecule has 2 amide bonds. The van der Waals surface area contributed by atoms with Crippen LogP contribution in [0.1, 0.15) is 28.9 Å². The maximum Gasteiger partial charge on any atom is 0.263 e. The third-order valence-electron chi connectivity index (χ3n) is 3.12. The minimum Gasteiger partial charge on any atom is -0.352 e. The summed E-state index contributed by atoms with van der Waals surface area (Å²) in [6, 6.07) is 5.60. The van der Waals surface area contributed by atoms with E-state index >= 15 is 0 Å². The summed E-state index contributed by atoms with van der Waals surface area (Å²) in [6.07, 6.45) is 1.39. The predicted octanol–water partition coefficient (Wildman–Crippen LogP) is 1.38. The van der Waals surface area contributed by atoms with E-state index in [2.05, 4.69) is 5.32 Å². The summed E-state index contributed by atoms with van der Waals surface area (Å²) in [7, 11) is 0. The molecule has 1 aromatic rings. The standard InChI is InChI=1S/C13H15N3O2S/c14-6-3-12(17)15-10-4-7-16(8-5-10)13(18)11-2-1-9-19-11/h1-2,9-10H,3-5,7-8H2,(H,15,17). The minimum atomic E-state index is -0.231. The molecule has 6 heteroatoms. The molecule has 1 aromatic heterocycles. The van der Waals surface area contributed by atoms with Crippen LogP contribution in [0.2, 0.25) is 0 Å². The van der Waals surface area contributed by atoms with E-state index in [1.807, 2.05) is 28.5 Å². The molecule has 2 heterocycles. The van der Waals surface area contributed by atoms with Crippen LogP contribution in [0.5, 0.6) is 0 Å². The number of piperidine rings is 1. The Hall–Kier alpha value is -1.87. The first-order valence-corrected chi connectivity index (χ1v) is 7.08. The smallest absolute Gasteiger partial charge is 0.263 e. The molecule has 1 N–H and O–H groups in total. The van der Waals surface area contributed by atoms with Gasteiger partial charge in [-0.2, -0.15) is 5.26 Å². The van der Waals surface area contributed by atoms with E-state index in [1.165, 1.54) is 11.3 Å². The molecule has 1 aliphatic heterocycles. The molecule has 1 fully saturated rings. The number of thiophene rings is 1. The van der Waals surface area contributed by atoms with E-state index in [1.54, 1.807) is 0 Å². The van der Waals surface area contributed by atoms with Crippen molar-refractivity contribution in [1.29, 1.82) is 5.26 Å². The van der Waals surface area contributed by atoms with Gasteiger partial charge in [-0.3, -0.25) is 9.59 Å². The molecule has 0 unspecified atom stereocenters. The Morgan fingerprint density at radius 1 is 1.47 bits per heavy atom. The van der Waals surface area contributed by atoms with E-state index in [9.17, 15) is 9.59 Å². The largest absolute Gasteiger partial charge is 0.352 e. The van der Waals surface area contributed by atoms with Crippen molar-refractivity contribution in [1.82, 2.24) is 10.2 Å². The van der Waals surface area contributed by atoms with Crippen LogP contribution in [-0.4, -0.2) is 35.8 Å². The highest BCUT2D eigenvalue weighted by atomic mass is 32.1. The first-order valence-electron chi connectivity index (χ1n) is 6.20. The zero-order chi connectivity index (χ0) is 13.7. The summed E-state index contributed by atoms with van der Waals surface area (Å²) >= 11 is 1.45. The number of rotatable bonds is 3. The fourth-order valence-electron chi connectivity index (χ4n) is 2.13. The van der Waals surface area contributed by atoms with Crippen LogP contribution in [0.25, 0.3) is 0 Å². The van der Waals surface area contributed by atoms with Gasteiger partial charge in [0, 0.05) is 19.1 Å². The van der Waals surface area contributed by atoms with Crippen molar-refractivity contribution in [3.05, 3.63) is 22.4 Å². The van der Waals surface area contributed by atoms with Crippen LogP contribution in [0.15, 0.2) is 17.5 Å². The van der Waals surface area contributed by atoms with Gasteiger partial charge in [0.25, 0.3) is 5.91 Å². The number of carbonyl (C=O) groups is 2. The molecule has 0 atom stereocenters. The highest BCUT2D eigenvalue weighted by Crippen LogP contribution is 2.17. The van der Waals surface area contributed by atoms with Crippen LogP contribution < -0.4 is 5.32 Å². The number of likely N-dealkylation sites (tertiary alicyclic amines) is 1. The van der Waals surface area contributed by atoms with Gasteiger partial charge in [0.2, 0.25) is 5.91 Å². The van der Waals surface area contributed by atoms with E-state index in [0.29, 0.717) is 13.1 Å². The number of nitriles is 1. The number of nitrogens with one attached hydrogen (secondary N) is 1. The molecule has 0 radical (unpaired) electrons. The molecule has 0 aromatic carbocycles. The molecule has 0 saturated carbocycles. The Balaban J connectivity index is 1.81. The van der Waals surface area contributed by atoms with Crippen LogP contribution in [0, 0.1) is 11.3 Å². The van der Waals surface area contributed by atoms with E-state index in [0.717, 1.165) is 17.7 Å².